The lowest BCUT2D eigenvalue weighted by Gasteiger charge is -2.08. The second kappa shape index (κ2) is 4.58. The molecule has 0 fully saturated rings. The minimum atomic E-state index is -0.524. The van der Waals surface area contributed by atoms with Crippen LogP contribution in [0.25, 0.3) is 0 Å². The summed E-state index contributed by atoms with van der Waals surface area (Å²) in [4.78, 5) is 0. The maximum atomic E-state index is 12.7. The summed E-state index contributed by atoms with van der Waals surface area (Å²) in [6.07, 6.45) is -0.524. The molecular weight excluding hydrogens is 239 g/mol. The van der Waals surface area contributed by atoms with Crippen LogP contribution < -0.4 is 4.74 Å². The molecule has 0 aromatic heterocycles. The predicted octanol–water partition coefficient (Wildman–Crippen LogP) is 2.35. The SMILES string of the molecule is CC(O)COc1ccc(F)c(Br)c1. The van der Waals surface area contributed by atoms with Gasteiger partial charge in [-0.1, -0.05) is 0 Å². The van der Waals surface area contributed by atoms with Crippen molar-refractivity contribution in [1.29, 1.82) is 0 Å². The maximum absolute atomic E-state index is 12.7. The van der Waals surface area contributed by atoms with Gasteiger partial charge in [-0.05, 0) is 41.1 Å². The molecule has 4 heteroatoms. The van der Waals surface area contributed by atoms with Crippen LogP contribution in [0.3, 0.4) is 0 Å². The molecule has 0 aliphatic rings. The fourth-order valence-electron chi connectivity index (χ4n) is 0.783. The summed E-state index contributed by atoms with van der Waals surface area (Å²) >= 11 is 3.04. The van der Waals surface area contributed by atoms with E-state index in [1.165, 1.54) is 18.2 Å². The number of hydrogen-bond donors (Lipinski definition) is 1. The summed E-state index contributed by atoms with van der Waals surface area (Å²) in [5.41, 5.74) is 0. The van der Waals surface area contributed by atoms with E-state index in [2.05, 4.69) is 15.9 Å². The smallest absolute Gasteiger partial charge is 0.137 e. The molecule has 0 aliphatic carbocycles. The van der Waals surface area contributed by atoms with Gasteiger partial charge in [0, 0.05) is 0 Å². The Hall–Kier alpha value is -0.610. The summed E-state index contributed by atoms with van der Waals surface area (Å²) in [6.45, 7) is 1.83. The lowest BCUT2D eigenvalue weighted by Crippen LogP contribution is -2.12. The molecular formula is C9H10BrFO2. The molecule has 0 saturated heterocycles. The van der Waals surface area contributed by atoms with Crippen LogP contribution in [0.5, 0.6) is 5.75 Å². The summed E-state index contributed by atoms with van der Waals surface area (Å²) in [7, 11) is 0. The predicted molar refractivity (Wildman–Crippen MR) is 51.3 cm³/mol. The second-order valence-corrected chi connectivity index (χ2v) is 3.59. The number of benzene rings is 1. The van der Waals surface area contributed by atoms with Crippen LogP contribution in [0.1, 0.15) is 6.92 Å². The van der Waals surface area contributed by atoms with Crippen molar-refractivity contribution in [3.05, 3.63) is 28.5 Å². The van der Waals surface area contributed by atoms with Crippen LogP contribution in [0, 0.1) is 5.82 Å². The summed E-state index contributed by atoms with van der Waals surface area (Å²) < 4.78 is 18.3. The van der Waals surface area contributed by atoms with Gasteiger partial charge < -0.3 is 9.84 Å². The molecule has 1 aromatic rings. The minimum absolute atomic E-state index is 0.206. The Balaban J connectivity index is 2.63. The molecule has 0 saturated carbocycles. The molecule has 0 radical (unpaired) electrons. The molecule has 0 bridgehead atoms. The van der Waals surface area contributed by atoms with Crippen LogP contribution in [-0.4, -0.2) is 17.8 Å². The van der Waals surface area contributed by atoms with Gasteiger partial charge in [-0.2, -0.15) is 0 Å². The Morgan fingerprint density at radius 3 is 2.85 bits per heavy atom. The first-order valence-corrected chi connectivity index (χ1v) is 4.65. The van der Waals surface area contributed by atoms with E-state index in [0.29, 0.717) is 10.2 Å². The van der Waals surface area contributed by atoms with Crippen LogP contribution in [0.2, 0.25) is 0 Å². The van der Waals surface area contributed by atoms with Gasteiger partial charge in [0.05, 0.1) is 10.6 Å². The molecule has 0 heterocycles. The Morgan fingerprint density at radius 2 is 2.31 bits per heavy atom. The molecule has 1 unspecified atom stereocenters. The lowest BCUT2D eigenvalue weighted by molar-refractivity contribution is 0.122. The Morgan fingerprint density at radius 1 is 1.62 bits per heavy atom. The van der Waals surface area contributed by atoms with Crippen molar-refractivity contribution in [2.45, 2.75) is 13.0 Å². The first kappa shape index (κ1) is 10.5. The number of ether oxygens (including phenoxy) is 1. The number of hydrogen-bond acceptors (Lipinski definition) is 2. The summed E-state index contributed by atoms with van der Waals surface area (Å²) in [5.74, 6) is 0.207. The molecule has 0 spiro atoms. The molecule has 13 heavy (non-hydrogen) atoms. The van der Waals surface area contributed by atoms with Crippen molar-refractivity contribution in [2.75, 3.05) is 6.61 Å². The van der Waals surface area contributed by atoms with E-state index in [-0.39, 0.29) is 12.4 Å². The molecule has 1 atom stereocenters. The van der Waals surface area contributed by atoms with Crippen molar-refractivity contribution >= 4 is 15.9 Å². The molecule has 1 N–H and O–H groups in total. The van der Waals surface area contributed by atoms with Gasteiger partial charge >= 0.3 is 0 Å². The van der Waals surface area contributed by atoms with Crippen molar-refractivity contribution in [2.24, 2.45) is 0 Å². The number of rotatable bonds is 3. The topological polar surface area (TPSA) is 29.5 Å². The van der Waals surface area contributed by atoms with Gasteiger partial charge in [0.25, 0.3) is 0 Å². The first-order chi connectivity index (χ1) is 6.09. The third kappa shape index (κ3) is 3.32. The van der Waals surface area contributed by atoms with Crippen molar-refractivity contribution in [3.8, 4) is 5.75 Å². The molecule has 72 valence electrons. The number of aliphatic hydroxyl groups excluding tert-OH is 1. The van der Waals surface area contributed by atoms with Crippen LogP contribution in [0.15, 0.2) is 22.7 Å². The lowest BCUT2D eigenvalue weighted by atomic mass is 10.3. The van der Waals surface area contributed by atoms with Gasteiger partial charge in [-0.3, -0.25) is 0 Å². The highest BCUT2D eigenvalue weighted by Crippen LogP contribution is 2.21. The van der Waals surface area contributed by atoms with Crippen LogP contribution in [0.4, 0.5) is 4.39 Å². The van der Waals surface area contributed by atoms with E-state index in [4.69, 9.17) is 9.84 Å². The van der Waals surface area contributed by atoms with Gasteiger partial charge in [-0.15, -0.1) is 0 Å². The van der Waals surface area contributed by atoms with Crippen molar-refractivity contribution in [3.63, 3.8) is 0 Å². The molecule has 0 aliphatic heterocycles. The zero-order valence-corrected chi connectivity index (χ0v) is 8.71. The van der Waals surface area contributed by atoms with Gasteiger partial charge in [0.2, 0.25) is 0 Å². The summed E-state index contributed by atoms with van der Waals surface area (Å²) in [6, 6.07) is 4.35. The zero-order valence-electron chi connectivity index (χ0n) is 7.13. The van der Waals surface area contributed by atoms with Crippen molar-refractivity contribution < 1.29 is 14.2 Å². The zero-order chi connectivity index (χ0) is 9.84. The highest BCUT2D eigenvalue weighted by atomic mass is 79.9. The normalized spacial score (nSPS) is 12.6. The van der Waals surface area contributed by atoms with Gasteiger partial charge in [0.15, 0.2) is 0 Å². The second-order valence-electron chi connectivity index (χ2n) is 2.74. The Labute approximate surface area is 84.5 Å². The average molecular weight is 249 g/mol. The van der Waals surface area contributed by atoms with Crippen LogP contribution in [-0.2, 0) is 0 Å². The van der Waals surface area contributed by atoms with E-state index in [1.54, 1.807) is 6.92 Å². The largest absolute Gasteiger partial charge is 0.491 e. The monoisotopic (exact) mass is 248 g/mol. The summed E-state index contributed by atoms with van der Waals surface area (Å²) in [5, 5.41) is 8.93. The van der Waals surface area contributed by atoms with Gasteiger partial charge in [-0.25, -0.2) is 4.39 Å². The minimum Gasteiger partial charge on any atom is -0.491 e. The molecule has 1 rings (SSSR count). The van der Waals surface area contributed by atoms with E-state index >= 15 is 0 Å². The highest BCUT2D eigenvalue weighted by molar-refractivity contribution is 9.10. The molecule has 0 amide bonds. The highest BCUT2D eigenvalue weighted by Gasteiger charge is 2.02. The van der Waals surface area contributed by atoms with E-state index in [9.17, 15) is 4.39 Å². The number of aliphatic hydroxyl groups is 1. The van der Waals surface area contributed by atoms with Crippen LogP contribution >= 0.6 is 15.9 Å². The Bertz CT molecular complexity index is 289. The molecule has 2 nitrogen and oxygen atoms in total. The fourth-order valence-corrected chi connectivity index (χ4v) is 1.14. The number of halogens is 2. The Kier molecular flexibility index (Phi) is 3.69. The van der Waals surface area contributed by atoms with E-state index < -0.39 is 6.10 Å². The maximum Gasteiger partial charge on any atom is 0.137 e. The van der Waals surface area contributed by atoms with E-state index in [1.807, 2.05) is 0 Å². The third-order valence-electron chi connectivity index (χ3n) is 1.38. The van der Waals surface area contributed by atoms with Crippen molar-refractivity contribution in [1.82, 2.24) is 0 Å². The van der Waals surface area contributed by atoms with E-state index in [0.717, 1.165) is 0 Å². The first-order valence-electron chi connectivity index (χ1n) is 3.85. The molecule has 1 aromatic carbocycles. The third-order valence-corrected chi connectivity index (χ3v) is 1.99. The van der Waals surface area contributed by atoms with Gasteiger partial charge in [0.1, 0.15) is 18.2 Å². The quantitative estimate of drug-likeness (QED) is 0.890. The average Bonchev–Trinajstić information content (AvgIpc) is 2.07. The fraction of sp³-hybridized carbons (Fsp3) is 0.333. The standard InChI is InChI=1S/C9H10BrFO2/c1-6(12)5-13-7-2-3-9(11)8(10)4-7/h2-4,6,12H,5H2,1H3.